The minimum atomic E-state index is -0.719. The highest BCUT2D eigenvalue weighted by molar-refractivity contribution is 5.73. The van der Waals surface area contributed by atoms with Crippen molar-refractivity contribution in [3.8, 4) is 0 Å². The predicted molar refractivity (Wildman–Crippen MR) is 66.1 cm³/mol. The van der Waals surface area contributed by atoms with Crippen molar-refractivity contribution < 1.29 is 9.90 Å². The van der Waals surface area contributed by atoms with Gasteiger partial charge in [0.1, 0.15) is 6.04 Å². The number of rotatable bonds is 5. The summed E-state index contributed by atoms with van der Waals surface area (Å²) in [6, 6.07) is 0.554. The van der Waals surface area contributed by atoms with Gasteiger partial charge in [-0.25, -0.2) is 0 Å². The van der Waals surface area contributed by atoms with Gasteiger partial charge in [0.2, 0.25) is 0 Å². The summed E-state index contributed by atoms with van der Waals surface area (Å²) in [7, 11) is 2.12. The van der Waals surface area contributed by atoms with Gasteiger partial charge in [-0.2, -0.15) is 0 Å². The molecule has 2 N–H and O–H groups in total. The Kier molecular flexibility index (Phi) is 4.01. The van der Waals surface area contributed by atoms with E-state index in [0.717, 1.165) is 32.5 Å². The molecule has 1 saturated carbocycles. The molecule has 0 bridgehead atoms. The zero-order chi connectivity index (χ0) is 12.4. The molecule has 1 aliphatic carbocycles. The van der Waals surface area contributed by atoms with Gasteiger partial charge in [-0.1, -0.05) is 0 Å². The van der Waals surface area contributed by atoms with Crippen molar-refractivity contribution in [1.82, 2.24) is 15.1 Å². The lowest BCUT2D eigenvalue weighted by molar-refractivity contribution is -0.140. The highest BCUT2D eigenvalue weighted by Gasteiger charge is 2.31. The third kappa shape index (κ3) is 3.66. The van der Waals surface area contributed by atoms with Crippen molar-refractivity contribution >= 4 is 5.97 Å². The Morgan fingerprint density at radius 3 is 2.71 bits per heavy atom. The first-order valence-electron chi connectivity index (χ1n) is 6.47. The number of piperazine rings is 1. The molecule has 0 spiro atoms. The van der Waals surface area contributed by atoms with Crippen molar-refractivity contribution in [3.05, 3.63) is 0 Å². The lowest BCUT2D eigenvalue weighted by Crippen LogP contribution is -2.55. The minimum Gasteiger partial charge on any atom is -0.480 e. The fourth-order valence-electron chi connectivity index (χ4n) is 2.28. The molecule has 17 heavy (non-hydrogen) atoms. The number of hydrogen-bond acceptors (Lipinski definition) is 4. The molecule has 1 aliphatic heterocycles. The van der Waals surface area contributed by atoms with Crippen LogP contribution in [0.15, 0.2) is 0 Å². The van der Waals surface area contributed by atoms with Gasteiger partial charge in [0.15, 0.2) is 0 Å². The summed E-state index contributed by atoms with van der Waals surface area (Å²) in [6.45, 7) is 5.78. The van der Waals surface area contributed by atoms with Crippen LogP contribution in [0.3, 0.4) is 0 Å². The first-order chi connectivity index (χ1) is 8.06. The number of hydrogen-bond donors (Lipinski definition) is 2. The first-order valence-corrected chi connectivity index (χ1v) is 6.47. The summed E-state index contributed by atoms with van der Waals surface area (Å²) >= 11 is 0. The maximum atomic E-state index is 11.2. The van der Waals surface area contributed by atoms with Crippen LogP contribution in [0.2, 0.25) is 0 Å². The molecular weight excluding hydrogens is 218 g/mol. The van der Waals surface area contributed by atoms with Gasteiger partial charge >= 0.3 is 5.97 Å². The molecule has 2 aliphatic rings. The standard InChI is InChI=1S/C12H23N3O2/c1-9-7-15(6-5-14(9)2)8-11(12(16)17)13-10-3-4-10/h9-11,13H,3-8H2,1-2H3,(H,16,17). The van der Waals surface area contributed by atoms with Gasteiger partial charge in [-0.3, -0.25) is 9.69 Å². The van der Waals surface area contributed by atoms with Gasteiger partial charge in [-0.05, 0) is 26.8 Å². The molecule has 5 heteroatoms. The SMILES string of the molecule is CC1CN(CC(NC2CC2)C(=O)O)CCN1C. The summed E-state index contributed by atoms with van der Waals surface area (Å²) in [4.78, 5) is 15.8. The maximum absolute atomic E-state index is 11.2. The molecule has 0 amide bonds. The molecule has 0 aromatic heterocycles. The van der Waals surface area contributed by atoms with Crippen LogP contribution in [0.4, 0.5) is 0 Å². The fraction of sp³-hybridized carbons (Fsp3) is 0.917. The quantitative estimate of drug-likeness (QED) is 0.700. The van der Waals surface area contributed by atoms with Gasteiger partial charge in [0.05, 0.1) is 0 Å². The average molecular weight is 241 g/mol. The van der Waals surface area contributed by atoms with Crippen LogP contribution >= 0.6 is 0 Å². The van der Waals surface area contributed by atoms with E-state index in [-0.39, 0.29) is 0 Å². The largest absolute Gasteiger partial charge is 0.480 e. The number of carboxylic acid groups (broad SMARTS) is 1. The summed E-state index contributed by atoms with van der Waals surface area (Å²) in [5, 5.41) is 12.4. The van der Waals surface area contributed by atoms with Crippen LogP contribution in [0.25, 0.3) is 0 Å². The molecule has 2 fully saturated rings. The van der Waals surface area contributed by atoms with E-state index in [1.54, 1.807) is 0 Å². The van der Waals surface area contributed by atoms with Crippen LogP contribution in [-0.2, 0) is 4.79 Å². The number of nitrogens with one attached hydrogen (secondary N) is 1. The summed E-state index contributed by atoms with van der Waals surface area (Å²) < 4.78 is 0. The molecule has 2 atom stereocenters. The molecule has 98 valence electrons. The molecule has 5 nitrogen and oxygen atoms in total. The second-order valence-corrected chi connectivity index (χ2v) is 5.42. The molecule has 0 aromatic rings. The van der Waals surface area contributed by atoms with Crippen molar-refractivity contribution in [2.75, 3.05) is 33.2 Å². The highest BCUT2D eigenvalue weighted by Crippen LogP contribution is 2.20. The fourth-order valence-corrected chi connectivity index (χ4v) is 2.28. The molecular formula is C12H23N3O2. The maximum Gasteiger partial charge on any atom is 0.322 e. The van der Waals surface area contributed by atoms with Crippen molar-refractivity contribution in [2.24, 2.45) is 0 Å². The Morgan fingerprint density at radius 2 is 2.18 bits per heavy atom. The molecule has 1 heterocycles. The van der Waals surface area contributed by atoms with E-state index in [2.05, 4.69) is 29.1 Å². The van der Waals surface area contributed by atoms with E-state index in [9.17, 15) is 9.90 Å². The first kappa shape index (κ1) is 12.8. The van der Waals surface area contributed by atoms with Crippen LogP contribution in [-0.4, -0.2) is 72.2 Å². The van der Waals surface area contributed by atoms with Crippen LogP contribution in [0.5, 0.6) is 0 Å². The van der Waals surface area contributed by atoms with Gasteiger partial charge in [0, 0.05) is 38.3 Å². The van der Waals surface area contributed by atoms with Crippen LogP contribution < -0.4 is 5.32 Å². The van der Waals surface area contributed by atoms with E-state index < -0.39 is 12.0 Å². The van der Waals surface area contributed by atoms with Crippen LogP contribution in [0.1, 0.15) is 19.8 Å². The molecule has 0 aromatic carbocycles. The average Bonchev–Trinajstić information content (AvgIpc) is 3.06. The predicted octanol–water partition coefficient (Wildman–Crippen LogP) is -0.172. The monoisotopic (exact) mass is 241 g/mol. The Bertz CT molecular complexity index is 281. The van der Waals surface area contributed by atoms with E-state index in [4.69, 9.17) is 0 Å². The van der Waals surface area contributed by atoms with E-state index in [1.165, 1.54) is 0 Å². The third-order valence-corrected chi connectivity index (χ3v) is 3.80. The number of likely N-dealkylation sites (N-methyl/N-ethyl adjacent to an activating group) is 1. The third-order valence-electron chi connectivity index (χ3n) is 3.80. The summed E-state index contributed by atoms with van der Waals surface area (Å²) in [5.74, 6) is -0.719. The van der Waals surface area contributed by atoms with E-state index >= 15 is 0 Å². The minimum absolute atomic E-state index is 0.405. The number of nitrogens with zero attached hydrogens (tertiary/aromatic N) is 2. The Labute approximate surface area is 103 Å². The second-order valence-electron chi connectivity index (χ2n) is 5.42. The van der Waals surface area contributed by atoms with Gasteiger partial charge in [0.25, 0.3) is 0 Å². The van der Waals surface area contributed by atoms with Crippen molar-refractivity contribution in [1.29, 1.82) is 0 Å². The number of carboxylic acids is 1. The molecule has 2 rings (SSSR count). The second kappa shape index (κ2) is 5.33. The van der Waals surface area contributed by atoms with Crippen molar-refractivity contribution in [3.63, 3.8) is 0 Å². The Balaban J connectivity index is 1.82. The number of carbonyl (C=O) groups is 1. The zero-order valence-corrected chi connectivity index (χ0v) is 10.7. The lowest BCUT2D eigenvalue weighted by atomic mass is 10.1. The van der Waals surface area contributed by atoms with Crippen LogP contribution in [0, 0.1) is 0 Å². The molecule has 1 saturated heterocycles. The lowest BCUT2D eigenvalue weighted by Gasteiger charge is -2.38. The normalized spacial score (nSPS) is 29.2. The zero-order valence-electron chi connectivity index (χ0n) is 10.7. The van der Waals surface area contributed by atoms with Crippen molar-refractivity contribution in [2.45, 2.75) is 37.9 Å². The van der Waals surface area contributed by atoms with E-state index in [0.29, 0.717) is 18.6 Å². The summed E-state index contributed by atoms with van der Waals surface area (Å²) in [6.07, 6.45) is 2.26. The van der Waals surface area contributed by atoms with E-state index in [1.807, 2.05) is 0 Å². The molecule has 2 unspecified atom stereocenters. The Hall–Kier alpha value is -0.650. The van der Waals surface area contributed by atoms with Gasteiger partial charge in [-0.15, -0.1) is 0 Å². The topological polar surface area (TPSA) is 55.8 Å². The number of aliphatic carboxylic acids is 1. The highest BCUT2D eigenvalue weighted by atomic mass is 16.4. The Morgan fingerprint density at radius 1 is 1.47 bits per heavy atom. The van der Waals surface area contributed by atoms with Gasteiger partial charge < -0.3 is 15.3 Å². The smallest absolute Gasteiger partial charge is 0.322 e. The molecule has 0 radical (unpaired) electrons. The summed E-state index contributed by atoms with van der Waals surface area (Å²) in [5.41, 5.74) is 0.